The number of ether oxygens (including phenoxy) is 2. The van der Waals surface area contributed by atoms with Gasteiger partial charge in [0.1, 0.15) is 29.3 Å². The first-order chi connectivity index (χ1) is 35.9. The lowest BCUT2D eigenvalue weighted by atomic mass is 10.1. The van der Waals surface area contributed by atoms with Crippen molar-refractivity contribution in [3.8, 4) is 17.6 Å². The quantitative estimate of drug-likeness (QED) is 0.154. The summed E-state index contributed by atoms with van der Waals surface area (Å²) in [4.78, 5) is 82.8. The van der Waals surface area contributed by atoms with Gasteiger partial charge in [-0.1, -0.05) is 34.1 Å². The molecule has 394 valence electrons. The van der Waals surface area contributed by atoms with Crippen LogP contribution in [0.5, 0.6) is 0 Å². The zero-order valence-electron chi connectivity index (χ0n) is 43.7. The van der Waals surface area contributed by atoms with Gasteiger partial charge in [0.05, 0.1) is 24.0 Å². The van der Waals surface area contributed by atoms with E-state index in [1.54, 1.807) is 39.7 Å². The molecule has 3 aromatic carbocycles. The second-order valence-electron chi connectivity index (χ2n) is 21.6. The van der Waals surface area contributed by atoms with Gasteiger partial charge in [-0.05, 0) is 141 Å². The highest BCUT2D eigenvalue weighted by Gasteiger charge is 2.43. The van der Waals surface area contributed by atoms with E-state index < -0.39 is 35.5 Å². The summed E-state index contributed by atoms with van der Waals surface area (Å²) in [6.45, 7) is 14.8. The molecule has 3 atom stereocenters. The first-order valence-corrected chi connectivity index (χ1v) is 26.8. The molecular formula is C56H66BrN11O7. The molecule has 3 saturated heterocycles. The summed E-state index contributed by atoms with van der Waals surface area (Å²) in [5, 5.41) is 9.19. The van der Waals surface area contributed by atoms with E-state index in [4.69, 9.17) is 9.47 Å². The molecule has 6 aliphatic rings. The van der Waals surface area contributed by atoms with Crippen molar-refractivity contribution < 1.29 is 33.4 Å². The first-order valence-electron chi connectivity index (χ1n) is 26.0. The van der Waals surface area contributed by atoms with Gasteiger partial charge in [-0.15, -0.1) is 0 Å². The number of nitrogens with zero attached hydrogens (tertiary/aromatic N) is 11. The van der Waals surface area contributed by atoms with Crippen LogP contribution in [-0.2, 0) is 43.1 Å². The summed E-state index contributed by atoms with van der Waals surface area (Å²) in [7, 11) is 0. The number of anilines is 3. The Labute approximate surface area is 446 Å². The Morgan fingerprint density at radius 3 is 1.36 bits per heavy atom. The number of rotatable bonds is 5. The van der Waals surface area contributed by atoms with Gasteiger partial charge in [0, 0.05) is 96.7 Å². The van der Waals surface area contributed by atoms with Gasteiger partial charge in [0.25, 0.3) is 0 Å². The van der Waals surface area contributed by atoms with Gasteiger partial charge in [0.2, 0.25) is 17.7 Å². The van der Waals surface area contributed by atoms with Crippen molar-refractivity contribution in [3.63, 3.8) is 0 Å². The van der Waals surface area contributed by atoms with E-state index >= 15 is 0 Å². The van der Waals surface area contributed by atoms with E-state index in [9.17, 15) is 29.2 Å². The molecular weight excluding hydrogens is 1020 g/mol. The summed E-state index contributed by atoms with van der Waals surface area (Å²) in [6.07, 6.45) is 19.3. The number of carbonyl (C=O) groups excluding carboxylic acids is 5. The lowest BCUT2D eigenvalue weighted by Crippen LogP contribution is -2.48. The minimum atomic E-state index is -0.576. The highest BCUT2D eigenvalue weighted by atomic mass is 79.9. The zero-order valence-corrected chi connectivity index (χ0v) is 45.2. The third-order valence-corrected chi connectivity index (χ3v) is 15.1. The molecule has 8 heterocycles. The van der Waals surface area contributed by atoms with Crippen molar-refractivity contribution in [2.24, 2.45) is 0 Å². The Balaban J connectivity index is 0.000000139. The third-order valence-electron chi connectivity index (χ3n) is 14.3. The van der Waals surface area contributed by atoms with Gasteiger partial charge in [-0.2, -0.15) is 5.26 Å². The highest BCUT2D eigenvalue weighted by molar-refractivity contribution is 9.10. The Kier molecular flexibility index (Phi) is 15.4. The standard InChI is InChI=1S/C21H26N4O3.C18H23BrN2O3.C17H17N5O/c1-21(2,3)28-20(27)25-11-5-8-18(25)19(26)24-12-9-15-16(6-4-7-17(15)24)23-13-10-22-14-23;1-18(2,3)24-17(23)21-10-5-8-15(21)16(22)20-11-9-12-13(19)6-4-7-14(12)20;18-11-20-8-2-5-16(20)17(23)22-9-6-13-14(3-1-4-15(13)22)21-10-7-19-12-21/h4,6-7,10,13-14,18H,5,8-9,11-12H2,1-3H3;4,6-7,15H,5,8-11H2,1-3H3;1,3-4,7,10,12,16H,2,5-6,8-9H2/t18-;15-;16-/m000/s1. The molecule has 3 fully saturated rings. The van der Waals surface area contributed by atoms with E-state index in [0.717, 1.165) is 89.0 Å². The topological polar surface area (TPSA) is 183 Å². The van der Waals surface area contributed by atoms with Gasteiger partial charge in [0.15, 0.2) is 6.19 Å². The molecule has 11 rings (SSSR count). The maximum absolute atomic E-state index is 13.3. The molecule has 75 heavy (non-hydrogen) atoms. The van der Waals surface area contributed by atoms with E-state index in [1.165, 1.54) is 5.56 Å². The summed E-state index contributed by atoms with van der Waals surface area (Å²) in [6, 6.07) is 16.7. The second-order valence-corrected chi connectivity index (χ2v) is 22.4. The number of aromatic nitrogens is 4. The number of hydrogen-bond donors (Lipinski definition) is 0. The monoisotopic (exact) mass is 1080 g/mol. The number of likely N-dealkylation sites (tertiary alicyclic amines) is 3. The Morgan fingerprint density at radius 1 is 0.547 bits per heavy atom. The third kappa shape index (κ3) is 11.3. The van der Waals surface area contributed by atoms with E-state index in [0.29, 0.717) is 52.1 Å². The van der Waals surface area contributed by atoms with E-state index in [1.807, 2.05) is 132 Å². The zero-order chi connectivity index (χ0) is 53.2. The normalized spacial score (nSPS) is 19.6. The van der Waals surface area contributed by atoms with Crippen molar-refractivity contribution in [1.29, 1.82) is 5.26 Å². The number of halogens is 1. The fourth-order valence-corrected chi connectivity index (χ4v) is 11.6. The first kappa shape index (κ1) is 52.7. The lowest BCUT2D eigenvalue weighted by molar-refractivity contribution is -0.123. The molecule has 0 N–H and O–H groups in total. The molecule has 5 aromatic rings. The predicted octanol–water partition coefficient (Wildman–Crippen LogP) is 8.61. The molecule has 0 spiro atoms. The molecule has 5 amide bonds. The van der Waals surface area contributed by atoms with Gasteiger partial charge in [-0.25, -0.2) is 19.6 Å². The molecule has 2 aromatic heterocycles. The Bertz CT molecular complexity index is 2960. The van der Waals surface area contributed by atoms with Crippen LogP contribution in [0, 0.1) is 11.5 Å². The van der Waals surface area contributed by atoms with Crippen LogP contribution in [0.1, 0.15) is 96.8 Å². The Morgan fingerprint density at radius 2 is 0.933 bits per heavy atom. The number of carbonyl (C=O) groups is 5. The second kappa shape index (κ2) is 21.9. The van der Waals surface area contributed by atoms with Gasteiger partial charge in [-0.3, -0.25) is 29.1 Å². The fourth-order valence-electron chi connectivity index (χ4n) is 11.0. The maximum atomic E-state index is 13.3. The van der Waals surface area contributed by atoms with Gasteiger partial charge < -0.3 is 33.3 Å². The molecule has 0 bridgehead atoms. The molecule has 18 nitrogen and oxygen atoms in total. The number of hydrogen-bond acceptors (Lipinski definition) is 11. The smallest absolute Gasteiger partial charge is 0.410 e. The van der Waals surface area contributed by atoms with Crippen LogP contribution in [0.25, 0.3) is 11.4 Å². The van der Waals surface area contributed by atoms with Crippen LogP contribution in [0.2, 0.25) is 0 Å². The van der Waals surface area contributed by atoms with Crippen LogP contribution in [0.3, 0.4) is 0 Å². The maximum Gasteiger partial charge on any atom is 0.410 e. The number of nitriles is 1. The lowest BCUT2D eigenvalue weighted by Gasteiger charge is -2.30. The minimum Gasteiger partial charge on any atom is -0.444 e. The van der Waals surface area contributed by atoms with Crippen LogP contribution in [0.15, 0.2) is 96.5 Å². The summed E-state index contributed by atoms with van der Waals surface area (Å²) in [5.41, 5.74) is 7.28. The van der Waals surface area contributed by atoms with Crippen molar-refractivity contribution in [2.45, 2.75) is 129 Å². The molecule has 0 aliphatic carbocycles. The highest BCUT2D eigenvalue weighted by Crippen LogP contribution is 2.38. The van der Waals surface area contributed by atoms with Crippen LogP contribution >= 0.6 is 15.9 Å². The molecule has 0 radical (unpaired) electrons. The van der Waals surface area contributed by atoms with Gasteiger partial charge >= 0.3 is 12.2 Å². The summed E-state index contributed by atoms with van der Waals surface area (Å²) < 4.78 is 15.9. The van der Waals surface area contributed by atoms with E-state index in [2.05, 4.69) is 32.1 Å². The molecule has 6 aliphatic heterocycles. The average molecular weight is 1090 g/mol. The Hall–Kier alpha value is -7.20. The summed E-state index contributed by atoms with van der Waals surface area (Å²) in [5.74, 6) is 0.0191. The van der Waals surface area contributed by atoms with Crippen LogP contribution in [-0.4, -0.2) is 132 Å². The number of benzene rings is 3. The van der Waals surface area contributed by atoms with Crippen LogP contribution < -0.4 is 14.7 Å². The summed E-state index contributed by atoms with van der Waals surface area (Å²) >= 11 is 3.55. The largest absolute Gasteiger partial charge is 0.444 e. The number of fused-ring (bicyclic) bond motifs is 3. The van der Waals surface area contributed by atoms with Crippen LogP contribution in [0.4, 0.5) is 26.7 Å². The molecule has 19 heteroatoms. The SMILES string of the molecule is CC(C)(C)OC(=O)N1CCC[C@H]1C(=O)N1CCc2c(Br)cccc21.CC(C)(C)OC(=O)N1CCC[C@H]1C(=O)N1CCc2c1cccc2-n1ccnc1.N#CN1CCC[C@H]1C(=O)N1CCc2c1cccc2-n1ccnc1. The van der Waals surface area contributed by atoms with Crippen molar-refractivity contribution in [2.75, 3.05) is 54.0 Å². The minimum absolute atomic E-state index is 0.00444. The van der Waals surface area contributed by atoms with Crippen molar-refractivity contribution in [3.05, 3.63) is 113 Å². The average Bonchev–Trinajstić information content (AvgIpc) is 4.23. The predicted molar refractivity (Wildman–Crippen MR) is 287 cm³/mol. The van der Waals surface area contributed by atoms with Crippen molar-refractivity contribution >= 4 is 62.9 Å². The molecule has 0 saturated carbocycles. The van der Waals surface area contributed by atoms with Crippen molar-refractivity contribution in [1.82, 2.24) is 33.8 Å². The molecule has 0 unspecified atom stereocenters. The van der Waals surface area contributed by atoms with E-state index in [-0.39, 0.29) is 23.8 Å². The number of amides is 5. The number of imidazole rings is 2. The fraction of sp³-hybridized carbons (Fsp3) is 0.464.